The van der Waals surface area contributed by atoms with Gasteiger partial charge in [0.25, 0.3) is 0 Å². The summed E-state index contributed by atoms with van der Waals surface area (Å²) >= 11 is 0. The molecule has 3 nitrogen and oxygen atoms in total. The molecule has 0 aliphatic carbocycles. The number of aliphatic hydroxyl groups is 1. The number of aliphatic hydroxyl groups excluding tert-OH is 1. The molecule has 2 aromatic carbocycles. The van der Waals surface area contributed by atoms with Crippen molar-refractivity contribution in [3.8, 4) is 5.75 Å². The molecule has 0 saturated carbocycles. The van der Waals surface area contributed by atoms with Crippen molar-refractivity contribution in [2.75, 3.05) is 6.61 Å². The van der Waals surface area contributed by atoms with Crippen molar-refractivity contribution in [2.24, 2.45) is 0 Å². The summed E-state index contributed by atoms with van der Waals surface area (Å²) in [5.41, 5.74) is 1.02. The van der Waals surface area contributed by atoms with Crippen molar-refractivity contribution in [3.63, 3.8) is 0 Å². The van der Waals surface area contributed by atoms with Crippen molar-refractivity contribution in [2.45, 2.75) is 12.9 Å². The Hall–Kier alpha value is -1.84. The maximum absolute atomic E-state index is 9.62. The van der Waals surface area contributed by atoms with E-state index >= 15 is 0 Å². The first-order valence-corrected chi connectivity index (χ1v) is 5.86. The maximum Gasteiger partial charge on any atom is 0.189 e. The summed E-state index contributed by atoms with van der Waals surface area (Å²) in [5.74, 6) is 0.722. The molecule has 2 aromatic rings. The average Bonchev–Trinajstić information content (AvgIpc) is 2.45. The topological polar surface area (TPSA) is 38.7 Å². The number of ether oxygens (including phenoxy) is 2. The van der Waals surface area contributed by atoms with Gasteiger partial charge in [-0.25, -0.2) is 0 Å². The van der Waals surface area contributed by atoms with Crippen LogP contribution in [0.15, 0.2) is 60.7 Å². The van der Waals surface area contributed by atoms with E-state index in [1.54, 1.807) is 0 Å². The molecule has 0 bridgehead atoms. The molecule has 0 spiro atoms. The smallest absolute Gasteiger partial charge is 0.189 e. The van der Waals surface area contributed by atoms with E-state index in [1.807, 2.05) is 60.7 Å². The Bertz CT molecular complexity index is 398. The fourth-order valence-electron chi connectivity index (χ4n) is 1.50. The molecule has 1 unspecified atom stereocenters. The summed E-state index contributed by atoms with van der Waals surface area (Å²) in [7, 11) is 0. The second-order valence-corrected chi connectivity index (χ2v) is 3.88. The molecule has 0 saturated heterocycles. The first-order valence-electron chi connectivity index (χ1n) is 5.86. The molecule has 0 radical (unpaired) electrons. The SMILES string of the molecule is OC(COc1ccccc1)OCc1ccccc1. The third-order valence-corrected chi connectivity index (χ3v) is 2.42. The standard InChI is InChI=1S/C15H16O3/c16-15(12-17-14-9-5-2-6-10-14)18-11-13-7-3-1-4-8-13/h1-10,15-16H,11-12H2. The average molecular weight is 244 g/mol. The van der Waals surface area contributed by atoms with Gasteiger partial charge in [0, 0.05) is 0 Å². The molecule has 0 heterocycles. The molecular formula is C15H16O3. The lowest BCUT2D eigenvalue weighted by Gasteiger charge is -2.13. The van der Waals surface area contributed by atoms with E-state index in [9.17, 15) is 5.11 Å². The Morgan fingerprint density at radius 3 is 2.17 bits per heavy atom. The third kappa shape index (κ3) is 4.20. The summed E-state index contributed by atoms with van der Waals surface area (Å²) in [6, 6.07) is 19.1. The highest BCUT2D eigenvalue weighted by Crippen LogP contribution is 2.09. The fraction of sp³-hybridized carbons (Fsp3) is 0.200. The van der Waals surface area contributed by atoms with E-state index in [4.69, 9.17) is 9.47 Å². The van der Waals surface area contributed by atoms with Gasteiger partial charge in [-0.05, 0) is 17.7 Å². The lowest BCUT2D eigenvalue weighted by molar-refractivity contribution is -0.127. The first-order chi connectivity index (χ1) is 8.84. The van der Waals surface area contributed by atoms with Gasteiger partial charge in [-0.2, -0.15) is 0 Å². The summed E-state index contributed by atoms with van der Waals surface area (Å²) in [5, 5.41) is 9.62. The Morgan fingerprint density at radius 2 is 1.50 bits per heavy atom. The summed E-state index contributed by atoms with van der Waals surface area (Å²) < 4.78 is 10.7. The maximum atomic E-state index is 9.62. The van der Waals surface area contributed by atoms with Gasteiger partial charge in [0.1, 0.15) is 12.4 Å². The van der Waals surface area contributed by atoms with E-state index in [2.05, 4.69) is 0 Å². The molecule has 0 aromatic heterocycles. The summed E-state index contributed by atoms with van der Waals surface area (Å²) in [6.45, 7) is 0.497. The lowest BCUT2D eigenvalue weighted by atomic mass is 10.2. The lowest BCUT2D eigenvalue weighted by Crippen LogP contribution is -2.20. The van der Waals surface area contributed by atoms with Gasteiger partial charge in [-0.3, -0.25) is 0 Å². The largest absolute Gasteiger partial charge is 0.488 e. The van der Waals surface area contributed by atoms with Crippen LogP contribution in [0.2, 0.25) is 0 Å². The summed E-state index contributed by atoms with van der Waals surface area (Å²) in [6.07, 6.45) is -0.926. The molecule has 2 rings (SSSR count). The molecule has 1 atom stereocenters. The predicted octanol–water partition coefficient (Wildman–Crippen LogP) is 2.60. The summed E-state index contributed by atoms with van der Waals surface area (Å²) in [4.78, 5) is 0. The number of hydrogen-bond donors (Lipinski definition) is 1. The van der Waals surface area contributed by atoms with E-state index in [-0.39, 0.29) is 6.61 Å². The monoisotopic (exact) mass is 244 g/mol. The van der Waals surface area contributed by atoms with Crippen LogP contribution >= 0.6 is 0 Å². The van der Waals surface area contributed by atoms with Gasteiger partial charge >= 0.3 is 0 Å². The van der Waals surface area contributed by atoms with Gasteiger partial charge in [0.15, 0.2) is 6.29 Å². The molecule has 0 amide bonds. The highest BCUT2D eigenvalue weighted by molar-refractivity contribution is 5.20. The van der Waals surface area contributed by atoms with Gasteiger partial charge in [0.2, 0.25) is 0 Å². The van der Waals surface area contributed by atoms with Crippen molar-refractivity contribution >= 4 is 0 Å². The minimum atomic E-state index is -0.926. The second-order valence-electron chi connectivity index (χ2n) is 3.88. The number of hydrogen-bond acceptors (Lipinski definition) is 3. The van der Waals surface area contributed by atoms with Crippen LogP contribution in [0.1, 0.15) is 5.56 Å². The number of rotatable bonds is 6. The van der Waals surface area contributed by atoms with Crippen LogP contribution in [0.5, 0.6) is 5.75 Å². The normalized spacial score (nSPS) is 12.1. The van der Waals surface area contributed by atoms with Crippen LogP contribution in [0.4, 0.5) is 0 Å². The quantitative estimate of drug-likeness (QED) is 0.794. The molecule has 3 heteroatoms. The van der Waals surface area contributed by atoms with Crippen LogP contribution in [0.25, 0.3) is 0 Å². The van der Waals surface area contributed by atoms with Crippen LogP contribution < -0.4 is 4.74 Å². The Labute approximate surface area is 107 Å². The van der Waals surface area contributed by atoms with Gasteiger partial charge in [-0.15, -0.1) is 0 Å². The molecule has 18 heavy (non-hydrogen) atoms. The Morgan fingerprint density at radius 1 is 0.889 bits per heavy atom. The van der Waals surface area contributed by atoms with E-state index in [0.29, 0.717) is 6.61 Å². The van der Waals surface area contributed by atoms with Crippen molar-refractivity contribution in [1.29, 1.82) is 0 Å². The number of benzene rings is 2. The van der Waals surface area contributed by atoms with Crippen LogP contribution in [-0.4, -0.2) is 18.0 Å². The first kappa shape index (κ1) is 12.6. The molecular weight excluding hydrogens is 228 g/mol. The van der Waals surface area contributed by atoms with Crippen LogP contribution in [0, 0.1) is 0 Å². The van der Waals surface area contributed by atoms with E-state index in [0.717, 1.165) is 11.3 Å². The minimum absolute atomic E-state index is 0.122. The molecule has 0 fully saturated rings. The zero-order valence-electron chi connectivity index (χ0n) is 10.0. The van der Waals surface area contributed by atoms with E-state index in [1.165, 1.54) is 0 Å². The van der Waals surface area contributed by atoms with E-state index < -0.39 is 6.29 Å². The van der Waals surface area contributed by atoms with Gasteiger partial charge in [0.05, 0.1) is 6.61 Å². The molecule has 1 N–H and O–H groups in total. The molecule has 0 aliphatic heterocycles. The highest BCUT2D eigenvalue weighted by atomic mass is 16.6. The Kier molecular flexibility index (Phi) is 4.76. The molecule has 0 aliphatic rings. The fourth-order valence-corrected chi connectivity index (χ4v) is 1.50. The Balaban J connectivity index is 1.71. The van der Waals surface area contributed by atoms with Gasteiger partial charge in [-0.1, -0.05) is 48.5 Å². The molecule has 94 valence electrons. The zero-order valence-corrected chi connectivity index (χ0v) is 10.0. The van der Waals surface area contributed by atoms with Crippen LogP contribution in [0.3, 0.4) is 0 Å². The van der Waals surface area contributed by atoms with Gasteiger partial charge < -0.3 is 14.6 Å². The predicted molar refractivity (Wildman–Crippen MR) is 69.2 cm³/mol. The van der Waals surface area contributed by atoms with Crippen molar-refractivity contribution in [3.05, 3.63) is 66.2 Å². The van der Waals surface area contributed by atoms with Crippen molar-refractivity contribution < 1.29 is 14.6 Å². The zero-order chi connectivity index (χ0) is 12.6. The highest BCUT2D eigenvalue weighted by Gasteiger charge is 2.05. The number of para-hydroxylation sites is 1. The van der Waals surface area contributed by atoms with Crippen LogP contribution in [-0.2, 0) is 11.3 Å². The third-order valence-electron chi connectivity index (χ3n) is 2.42. The minimum Gasteiger partial charge on any atom is -0.488 e. The van der Waals surface area contributed by atoms with Crippen molar-refractivity contribution in [1.82, 2.24) is 0 Å². The second kappa shape index (κ2) is 6.79.